The highest BCUT2D eigenvalue weighted by molar-refractivity contribution is 7.99. The van der Waals surface area contributed by atoms with Gasteiger partial charge in [-0.05, 0) is 48.8 Å². The highest BCUT2D eigenvalue weighted by atomic mass is 32.2. The van der Waals surface area contributed by atoms with E-state index in [0.29, 0.717) is 5.25 Å². The van der Waals surface area contributed by atoms with E-state index in [1.807, 2.05) is 6.26 Å². The van der Waals surface area contributed by atoms with Crippen LogP contribution in [-0.2, 0) is 0 Å². The molecule has 0 aliphatic heterocycles. The van der Waals surface area contributed by atoms with Gasteiger partial charge in [0.05, 0.1) is 5.57 Å². The predicted molar refractivity (Wildman–Crippen MR) is 86.3 cm³/mol. The Bertz CT molecular complexity index is 624. The normalized spacial score (nSPS) is 22.1. The van der Waals surface area contributed by atoms with Gasteiger partial charge in [-0.25, -0.2) is 0 Å². The van der Waals surface area contributed by atoms with Crippen molar-refractivity contribution in [1.82, 2.24) is 0 Å². The molecular weight excluding hydrogens is 366 g/mol. The molecule has 0 saturated heterocycles. The third-order valence-electron chi connectivity index (χ3n) is 3.82. The molecule has 0 atom stereocenters. The maximum Gasteiger partial charge on any atom is 0.573 e. The van der Waals surface area contributed by atoms with Gasteiger partial charge in [0.2, 0.25) is 0 Å². The fourth-order valence-electron chi connectivity index (χ4n) is 2.46. The highest BCUT2D eigenvalue weighted by Crippen LogP contribution is 2.38. The van der Waals surface area contributed by atoms with Gasteiger partial charge >= 0.3 is 12.5 Å². The van der Waals surface area contributed by atoms with Gasteiger partial charge in [0.25, 0.3) is 0 Å². The summed E-state index contributed by atoms with van der Waals surface area (Å²) in [5.74, 6) is -0.295. The van der Waals surface area contributed by atoms with Gasteiger partial charge in [-0.3, -0.25) is 0 Å². The second-order valence-corrected chi connectivity index (χ2v) is 6.76. The lowest BCUT2D eigenvalue weighted by Gasteiger charge is -2.31. The van der Waals surface area contributed by atoms with Crippen LogP contribution >= 0.6 is 11.8 Å². The quantitative estimate of drug-likeness (QED) is 0.441. The van der Waals surface area contributed by atoms with Crippen LogP contribution in [0.1, 0.15) is 18.4 Å². The summed E-state index contributed by atoms with van der Waals surface area (Å²) in [5.41, 5.74) is -1.13. The van der Waals surface area contributed by atoms with E-state index in [9.17, 15) is 26.3 Å². The van der Waals surface area contributed by atoms with Crippen molar-refractivity contribution in [3.63, 3.8) is 0 Å². The van der Waals surface area contributed by atoms with Crippen LogP contribution < -0.4 is 4.74 Å². The lowest BCUT2D eigenvalue weighted by atomic mass is 9.84. The molecule has 1 saturated carbocycles. The van der Waals surface area contributed by atoms with Crippen LogP contribution in [-0.4, -0.2) is 24.0 Å². The van der Waals surface area contributed by atoms with E-state index in [0.717, 1.165) is 43.2 Å². The number of halogens is 6. The van der Waals surface area contributed by atoms with Crippen molar-refractivity contribution < 1.29 is 31.1 Å². The molecule has 25 heavy (non-hydrogen) atoms. The Kier molecular flexibility index (Phi) is 6.13. The first-order valence-corrected chi connectivity index (χ1v) is 8.72. The number of rotatable bonds is 5. The molecule has 0 unspecified atom stereocenters. The Morgan fingerprint density at radius 3 is 2.16 bits per heavy atom. The Labute approximate surface area is 145 Å². The number of thioether (sulfide) groups is 1. The van der Waals surface area contributed by atoms with Gasteiger partial charge in [0.15, 0.2) is 0 Å². The summed E-state index contributed by atoms with van der Waals surface area (Å²) < 4.78 is 79.6. The van der Waals surface area contributed by atoms with Gasteiger partial charge in [-0.15, -0.1) is 13.2 Å². The number of ether oxygens (including phenoxy) is 1. The van der Waals surface area contributed by atoms with E-state index in [4.69, 9.17) is 0 Å². The minimum Gasteiger partial charge on any atom is -0.406 e. The molecule has 0 aromatic heterocycles. The fourth-order valence-corrected chi connectivity index (χ4v) is 3.33. The molecule has 1 aliphatic rings. The topological polar surface area (TPSA) is 9.23 Å². The molecule has 1 aromatic carbocycles. The van der Waals surface area contributed by atoms with Crippen molar-refractivity contribution in [2.45, 2.75) is 30.6 Å². The van der Waals surface area contributed by atoms with Gasteiger partial charge in [0, 0.05) is 5.25 Å². The second kappa shape index (κ2) is 7.76. The summed E-state index contributed by atoms with van der Waals surface area (Å²) in [5, 5.41) is 0.557. The van der Waals surface area contributed by atoms with Crippen molar-refractivity contribution in [1.29, 1.82) is 0 Å². The van der Waals surface area contributed by atoms with Crippen LogP contribution in [0.15, 0.2) is 42.5 Å². The maximum absolute atomic E-state index is 13.2. The smallest absolute Gasteiger partial charge is 0.406 e. The summed E-state index contributed by atoms with van der Waals surface area (Å²) in [6.45, 7) is 0. The van der Waals surface area contributed by atoms with Gasteiger partial charge in [-0.2, -0.15) is 24.9 Å². The average molecular weight is 382 g/mol. The molecule has 1 fully saturated rings. The third kappa shape index (κ3) is 6.02. The number of alkyl halides is 6. The first-order chi connectivity index (χ1) is 11.6. The van der Waals surface area contributed by atoms with Crippen molar-refractivity contribution in [3.8, 4) is 5.75 Å². The average Bonchev–Trinajstić information content (AvgIpc) is 2.43. The molecule has 0 heterocycles. The van der Waals surface area contributed by atoms with E-state index >= 15 is 0 Å². The molecule has 1 aromatic rings. The molecule has 0 radical (unpaired) electrons. The molecule has 0 N–H and O–H groups in total. The first kappa shape index (κ1) is 19.8. The van der Waals surface area contributed by atoms with Crippen LogP contribution in [0.5, 0.6) is 5.75 Å². The fraction of sp³-hybridized carbons (Fsp3) is 0.412. The van der Waals surface area contributed by atoms with E-state index in [1.54, 1.807) is 17.8 Å². The summed E-state index contributed by atoms with van der Waals surface area (Å²) in [4.78, 5) is 0. The van der Waals surface area contributed by atoms with Gasteiger partial charge in [-0.1, -0.05) is 24.3 Å². The predicted octanol–water partition coefficient (Wildman–Crippen LogP) is 6.23. The van der Waals surface area contributed by atoms with Crippen molar-refractivity contribution >= 4 is 17.3 Å². The first-order valence-electron chi connectivity index (χ1n) is 7.43. The minimum absolute atomic E-state index is 0.220. The van der Waals surface area contributed by atoms with E-state index in [1.165, 1.54) is 6.08 Å². The molecule has 138 valence electrons. The molecule has 1 nitrogen and oxygen atoms in total. The Morgan fingerprint density at radius 2 is 1.68 bits per heavy atom. The zero-order chi connectivity index (χ0) is 18.7. The Morgan fingerprint density at radius 1 is 1.08 bits per heavy atom. The molecule has 2 rings (SSSR count). The van der Waals surface area contributed by atoms with E-state index in [-0.39, 0.29) is 11.5 Å². The summed E-state index contributed by atoms with van der Waals surface area (Å²) >= 11 is 1.74. The monoisotopic (exact) mass is 382 g/mol. The van der Waals surface area contributed by atoms with Crippen LogP contribution in [0.3, 0.4) is 0 Å². The van der Waals surface area contributed by atoms with Crippen molar-refractivity contribution in [2.75, 3.05) is 6.26 Å². The maximum atomic E-state index is 13.2. The molecular formula is C17H16F6OS. The zero-order valence-corrected chi connectivity index (χ0v) is 14.0. The largest absolute Gasteiger partial charge is 0.573 e. The highest BCUT2D eigenvalue weighted by Gasteiger charge is 2.35. The number of benzene rings is 1. The van der Waals surface area contributed by atoms with Crippen LogP contribution in [0.4, 0.5) is 26.3 Å². The van der Waals surface area contributed by atoms with Crippen LogP contribution in [0, 0.1) is 5.92 Å². The molecule has 1 aliphatic carbocycles. The minimum atomic E-state index is -4.88. The van der Waals surface area contributed by atoms with E-state index in [2.05, 4.69) is 4.74 Å². The number of hydrogen-bond acceptors (Lipinski definition) is 2. The Balaban J connectivity index is 2.12. The lowest BCUT2D eigenvalue weighted by molar-refractivity contribution is -0.274. The molecule has 0 amide bonds. The van der Waals surface area contributed by atoms with E-state index < -0.39 is 23.9 Å². The number of hydrogen-bond donors (Lipinski definition) is 0. The number of allylic oxidation sites excluding steroid dienone is 4. The summed E-state index contributed by atoms with van der Waals surface area (Å²) in [6, 6.07) is 3.64. The lowest BCUT2D eigenvalue weighted by Crippen LogP contribution is -2.23. The second-order valence-electron chi connectivity index (χ2n) is 5.62. The van der Waals surface area contributed by atoms with Gasteiger partial charge < -0.3 is 4.74 Å². The molecule has 8 heteroatoms. The zero-order valence-electron chi connectivity index (χ0n) is 13.2. The molecule has 0 spiro atoms. The van der Waals surface area contributed by atoms with Crippen molar-refractivity contribution in [3.05, 3.63) is 48.1 Å². The van der Waals surface area contributed by atoms with Crippen LogP contribution in [0.25, 0.3) is 5.57 Å². The SMILES string of the molecule is CSC1CC(/C=C/C=C(/c2ccc(OC(F)(F)F)cc2)C(F)(F)F)C1. The summed E-state index contributed by atoms with van der Waals surface area (Å²) in [6.07, 6.45) is -1.57. The van der Waals surface area contributed by atoms with Crippen molar-refractivity contribution in [2.24, 2.45) is 5.92 Å². The standard InChI is InChI=1S/C17H16F6OS/c1-25-14-9-11(10-14)3-2-4-15(16(18,19)20)12-5-7-13(8-6-12)24-17(21,22)23/h2-8,11,14H,9-10H2,1H3/b3-2+,15-4-. The molecule has 0 bridgehead atoms. The Hall–Kier alpha value is -1.57. The third-order valence-corrected chi connectivity index (χ3v) is 4.87. The van der Waals surface area contributed by atoms with Gasteiger partial charge in [0.1, 0.15) is 5.75 Å². The summed E-state index contributed by atoms with van der Waals surface area (Å²) in [7, 11) is 0. The van der Waals surface area contributed by atoms with Crippen LogP contribution in [0.2, 0.25) is 0 Å².